The molecule has 0 aliphatic heterocycles. The second kappa shape index (κ2) is 7.38. The van der Waals surface area contributed by atoms with Gasteiger partial charge in [-0.25, -0.2) is 0 Å². The zero-order valence-electron chi connectivity index (χ0n) is 15.8. The quantitative estimate of drug-likeness (QED) is 0.581. The van der Waals surface area contributed by atoms with Crippen LogP contribution in [0, 0.1) is 11.8 Å². The predicted molar refractivity (Wildman–Crippen MR) is 115 cm³/mol. The van der Waals surface area contributed by atoms with Crippen LogP contribution >= 0.6 is 0 Å². The van der Waals surface area contributed by atoms with Crippen LogP contribution in [-0.2, 0) is 5.21 Å². The molecule has 3 aromatic rings. The minimum Gasteiger partial charge on any atom is -0.256 e. The van der Waals surface area contributed by atoms with E-state index in [0.717, 1.165) is 46.7 Å². The maximum absolute atomic E-state index is 6.54. The molecule has 1 nitrogen and oxygen atoms in total. The summed E-state index contributed by atoms with van der Waals surface area (Å²) < 4.78 is 0. The number of rotatable bonds is 4. The van der Waals surface area contributed by atoms with Gasteiger partial charge in [0.1, 0.15) is 0 Å². The van der Waals surface area contributed by atoms with E-state index in [4.69, 9.17) is 15.7 Å². The van der Waals surface area contributed by atoms with Gasteiger partial charge in [0, 0.05) is 17.3 Å². The minimum absolute atomic E-state index is 0.352. The summed E-state index contributed by atoms with van der Waals surface area (Å²) in [5.74, 6) is 1.07. The summed E-state index contributed by atoms with van der Waals surface area (Å²) in [7, 11) is 13.1. The van der Waals surface area contributed by atoms with Crippen LogP contribution in [0.2, 0.25) is 0 Å². The Morgan fingerprint density at radius 3 is 2.11 bits per heavy atom. The molecule has 1 aliphatic rings. The standard InChI is InChI=1S/C24H23B2N/c1-17-7-11-22(15-17)24(25,26)21-12-8-18(9-13-21)20-10-14-23(27-16-20)19-5-3-2-4-6-19/h2-6,8-10,12-14,16-17,22H,7,11,15H2,1H3. The molecule has 0 bridgehead atoms. The van der Waals surface area contributed by atoms with Gasteiger partial charge in [-0.2, -0.15) is 0 Å². The van der Waals surface area contributed by atoms with Crippen molar-refractivity contribution < 1.29 is 0 Å². The van der Waals surface area contributed by atoms with Gasteiger partial charge in [0.05, 0.1) is 21.4 Å². The molecule has 4 rings (SSSR count). The molecule has 0 amide bonds. The Morgan fingerprint density at radius 1 is 0.815 bits per heavy atom. The molecule has 2 atom stereocenters. The Balaban J connectivity index is 1.54. The highest BCUT2D eigenvalue weighted by Gasteiger charge is 2.34. The summed E-state index contributed by atoms with van der Waals surface area (Å²) in [4.78, 5) is 4.62. The SMILES string of the molecule is [B]C([B])(c1ccc(-c2ccc(-c3ccccc3)nc2)cc1)C1CCC(C)C1. The van der Waals surface area contributed by atoms with Crippen molar-refractivity contribution in [2.45, 2.75) is 31.4 Å². The number of nitrogens with zero attached hydrogens (tertiary/aromatic N) is 1. The van der Waals surface area contributed by atoms with Crippen LogP contribution in [0.3, 0.4) is 0 Å². The fourth-order valence-electron chi connectivity index (χ4n) is 4.17. The summed E-state index contributed by atoms with van der Waals surface area (Å²) in [6.07, 6.45) is 5.37. The van der Waals surface area contributed by atoms with Crippen LogP contribution < -0.4 is 0 Å². The van der Waals surface area contributed by atoms with Crippen molar-refractivity contribution >= 4 is 15.7 Å². The zero-order chi connectivity index (χ0) is 18.9. The molecule has 1 saturated carbocycles. The summed E-state index contributed by atoms with van der Waals surface area (Å²) in [6.45, 7) is 2.28. The van der Waals surface area contributed by atoms with Crippen LogP contribution in [0.15, 0.2) is 72.9 Å². The monoisotopic (exact) mass is 347 g/mol. The van der Waals surface area contributed by atoms with Gasteiger partial charge in [0.2, 0.25) is 0 Å². The Morgan fingerprint density at radius 2 is 1.52 bits per heavy atom. The van der Waals surface area contributed by atoms with Crippen molar-refractivity contribution in [2.75, 3.05) is 0 Å². The lowest BCUT2D eigenvalue weighted by atomic mass is 9.45. The van der Waals surface area contributed by atoms with Crippen LogP contribution in [0.25, 0.3) is 22.4 Å². The topological polar surface area (TPSA) is 12.9 Å². The lowest BCUT2D eigenvalue weighted by Crippen LogP contribution is -2.35. The number of pyridine rings is 1. The van der Waals surface area contributed by atoms with Gasteiger partial charge in [-0.3, -0.25) is 4.98 Å². The molecule has 1 aromatic heterocycles. The molecule has 2 aromatic carbocycles. The van der Waals surface area contributed by atoms with E-state index in [1.807, 2.05) is 24.4 Å². The average Bonchev–Trinajstić information content (AvgIpc) is 3.16. The van der Waals surface area contributed by atoms with E-state index < -0.39 is 5.21 Å². The molecule has 130 valence electrons. The van der Waals surface area contributed by atoms with Crippen molar-refractivity contribution in [1.82, 2.24) is 4.98 Å². The second-order valence-electron chi connectivity index (χ2n) is 7.92. The highest BCUT2D eigenvalue weighted by atomic mass is 14.7. The predicted octanol–water partition coefficient (Wildman–Crippen LogP) is 5.34. The molecule has 0 saturated heterocycles. The Bertz CT molecular complexity index is 886. The lowest BCUT2D eigenvalue weighted by Gasteiger charge is -2.34. The molecule has 1 fully saturated rings. The van der Waals surface area contributed by atoms with Crippen LogP contribution in [0.5, 0.6) is 0 Å². The number of aromatic nitrogens is 1. The van der Waals surface area contributed by atoms with Crippen LogP contribution in [0.4, 0.5) is 0 Å². The van der Waals surface area contributed by atoms with Gasteiger partial charge in [-0.1, -0.05) is 91.2 Å². The molecular formula is C24H23B2N. The molecule has 3 heteroatoms. The van der Waals surface area contributed by atoms with E-state index in [-0.39, 0.29) is 0 Å². The van der Waals surface area contributed by atoms with Crippen molar-refractivity contribution in [2.24, 2.45) is 11.8 Å². The molecule has 0 N–H and O–H groups in total. The first kappa shape index (κ1) is 18.1. The Hall–Kier alpha value is -2.28. The first-order valence-corrected chi connectivity index (χ1v) is 9.74. The summed E-state index contributed by atoms with van der Waals surface area (Å²) in [5, 5.41) is -0.751. The van der Waals surface area contributed by atoms with Crippen molar-refractivity contribution in [3.8, 4) is 22.4 Å². The fraction of sp³-hybridized carbons (Fsp3) is 0.292. The second-order valence-corrected chi connectivity index (χ2v) is 7.92. The molecule has 1 heterocycles. The largest absolute Gasteiger partial charge is 0.256 e. The minimum atomic E-state index is -0.751. The number of benzene rings is 2. The molecule has 4 radical (unpaired) electrons. The lowest BCUT2D eigenvalue weighted by molar-refractivity contribution is 0.464. The van der Waals surface area contributed by atoms with Gasteiger partial charge >= 0.3 is 0 Å². The van der Waals surface area contributed by atoms with E-state index in [0.29, 0.717) is 5.92 Å². The van der Waals surface area contributed by atoms with Gasteiger partial charge < -0.3 is 0 Å². The smallest absolute Gasteiger partial charge is 0.0702 e. The van der Waals surface area contributed by atoms with Crippen molar-refractivity contribution in [1.29, 1.82) is 0 Å². The average molecular weight is 347 g/mol. The van der Waals surface area contributed by atoms with E-state index in [9.17, 15) is 0 Å². The van der Waals surface area contributed by atoms with E-state index in [1.54, 1.807) is 0 Å². The van der Waals surface area contributed by atoms with Crippen LogP contribution in [0.1, 0.15) is 31.7 Å². The normalized spacial score (nSPS) is 19.9. The third-order valence-electron chi connectivity index (χ3n) is 5.92. The van der Waals surface area contributed by atoms with Crippen LogP contribution in [-0.4, -0.2) is 20.7 Å². The summed E-state index contributed by atoms with van der Waals surface area (Å²) in [5.41, 5.74) is 5.34. The van der Waals surface area contributed by atoms with E-state index in [2.05, 4.69) is 60.4 Å². The van der Waals surface area contributed by atoms with E-state index in [1.165, 1.54) is 6.42 Å². The molecule has 0 spiro atoms. The third kappa shape index (κ3) is 3.74. The summed E-state index contributed by atoms with van der Waals surface area (Å²) in [6, 6.07) is 22.7. The molecular weight excluding hydrogens is 324 g/mol. The highest BCUT2D eigenvalue weighted by Crippen LogP contribution is 2.41. The molecule has 2 unspecified atom stereocenters. The van der Waals surface area contributed by atoms with Crippen molar-refractivity contribution in [3.63, 3.8) is 0 Å². The Kier molecular flexibility index (Phi) is 4.95. The number of hydrogen-bond acceptors (Lipinski definition) is 1. The van der Waals surface area contributed by atoms with Gasteiger partial charge in [-0.15, -0.1) is 0 Å². The number of hydrogen-bond donors (Lipinski definition) is 0. The van der Waals surface area contributed by atoms with Gasteiger partial charge in [0.15, 0.2) is 0 Å². The van der Waals surface area contributed by atoms with E-state index >= 15 is 0 Å². The van der Waals surface area contributed by atoms with Gasteiger partial charge in [0.25, 0.3) is 0 Å². The summed E-state index contributed by atoms with van der Waals surface area (Å²) >= 11 is 0. The van der Waals surface area contributed by atoms with Crippen molar-refractivity contribution in [3.05, 3.63) is 78.5 Å². The maximum Gasteiger partial charge on any atom is 0.0702 e. The fourth-order valence-corrected chi connectivity index (χ4v) is 4.17. The maximum atomic E-state index is 6.54. The zero-order valence-corrected chi connectivity index (χ0v) is 15.8. The first-order valence-electron chi connectivity index (χ1n) is 9.74. The third-order valence-corrected chi connectivity index (χ3v) is 5.92. The molecule has 27 heavy (non-hydrogen) atoms. The Labute approximate surface area is 165 Å². The highest BCUT2D eigenvalue weighted by molar-refractivity contribution is 6.40. The first-order chi connectivity index (χ1) is 13.0. The van der Waals surface area contributed by atoms with Gasteiger partial charge in [-0.05, 0) is 29.9 Å². The molecule has 1 aliphatic carbocycles.